The Kier molecular flexibility index (Phi) is 6.19. The van der Waals surface area contributed by atoms with Gasteiger partial charge in [0.05, 0.1) is 15.5 Å². The molecule has 1 aliphatic heterocycles. The Morgan fingerprint density at radius 3 is 2.81 bits per heavy atom. The number of carbonyl (C=O) groups is 1. The first-order chi connectivity index (χ1) is 14.9. The third-order valence-electron chi connectivity index (χ3n) is 4.85. The van der Waals surface area contributed by atoms with Crippen molar-refractivity contribution in [2.45, 2.75) is 37.5 Å². The number of unbranched alkanes of at least 4 members (excludes halogenated alkanes) is 2. The Balaban J connectivity index is 1.19. The molecular formula is C21H23N5O3S2. The molecule has 0 radical (unpaired) electrons. The van der Waals surface area contributed by atoms with Gasteiger partial charge in [-0.1, -0.05) is 18.6 Å². The Hall–Kier alpha value is -2.98. The van der Waals surface area contributed by atoms with E-state index in [1.54, 1.807) is 35.6 Å². The number of aryl methyl sites for hydroxylation is 1. The highest BCUT2D eigenvalue weighted by molar-refractivity contribution is 7.90. The summed E-state index contributed by atoms with van der Waals surface area (Å²) in [6.45, 7) is 2.54. The lowest BCUT2D eigenvalue weighted by molar-refractivity contribution is -0.116. The molecule has 0 atom stereocenters. The number of hydrogen-bond donors (Lipinski definition) is 3. The molecule has 1 amide bonds. The van der Waals surface area contributed by atoms with E-state index in [4.69, 9.17) is 0 Å². The molecule has 0 unspecified atom stereocenters. The molecule has 0 spiro atoms. The number of nitrogens with one attached hydrogen (secondary N) is 3. The van der Waals surface area contributed by atoms with Gasteiger partial charge in [0.25, 0.3) is 10.0 Å². The van der Waals surface area contributed by atoms with Crippen LogP contribution in [-0.4, -0.2) is 36.9 Å². The molecule has 3 heterocycles. The number of aromatic nitrogens is 2. The number of fused-ring (bicyclic) bond motifs is 1. The Morgan fingerprint density at radius 2 is 2.00 bits per heavy atom. The molecule has 1 aromatic carbocycles. The van der Waals surface area contributed by atoms with Crippen molar-refractivity contribution in [1.29, 1.82) is 0 Å². The minimum Gasteiger partial charge on any atom is -0.309 e. The molecule has 2 aromatic heterocycles. The maximum atomic E-state index is 12.1. The summed E-state index contributed by atoms with van der Waals surface area (Å²) in [6, 6.07) is 12.7. The smallest absolute Gasteiger partial charge is 0.263 e. The maximum Gasteiger partial charge on any atom is 0.263 e. The van der Waals surface area contributed by atoms with Crippen molar-refractivity contribution >= 4 is 38.9 Å². The highest BCUT2D eigenvalue weighted by Gasteiger charge is 2.29. The van der Waals surface area contributed by atoms with E-state index in [1.807, 2.05) is 25.1 Å². The highest BCUT2D eigenvalue weighted by atomic mass is 32.2. The van der Waals surface area contributed by atoms with Gasteiger partial charge < -0.3 is 5.32 Å². The Labute approximate surface area is 184 Å². The van der Waals surface area contributed by atoms with Crippen LogP contribution < -0.4 is 10.0 Å². The lowest BCUT2D eigenvalue weighted by atomic mass is 10.2. The second kappa shape index (κ2) is 9.03. The zero-order valence-electron chi connectivity index (χ0n) is 17.0. The first-order valence-corrected chi connectivity index (χ1v) is 12.3. The third kappa shape index (κ3) is 5.02. The molecule has 1 aliphatic rings. The minimum absolute atomic E-state index is 0.0794. The van der Waals surface area contributed by atoms with Crippen molar-refractivity contribution in [1.82, 2.24) is 14.9 Å². The number of amidine groups is 1. The number of amides is 1. The van der Waals surface area contributed by atoms with Gasteiger partial charge in [0, 0.05) is 29.5 Å². The fourth-order valence-electron chi connectivity index (χ4n) is 3.31. The quantitative estimate of drug-likeness (QED) is 0.447. The van der Waals surface area contributed by atoms with Crippen molar-refractivity contribution in [3.8, 4) is 10.6 Å². The van der Waals surface area contributed by atoms with Crippen molar-refractivity contribution in [2.75, 3.05) is 11.9 Å². The summed E-state index contributed by atoms with van der Waals surface area (Å²) in [4.78, 5) is 19.1. The molecule has 0 bridgehead atoms. The zero-order valence-corrected chi connectivity index (χ0v) is 18.6. The number of aliphatic imine (C=N–C) groups is 1. The molecule has 0 saturated heterocycles. The monoisotopic (exact) mass is 457 g/mol. The van der Waals surface area contributed by atoms with Crippen molar-refractivity contribution in [3.63, 3.8) is 0 Å². The molecule has 162 valence electrons. The van der Waals surface area contributed by atoms with E-state index >= 15 is 0 Å². The van der Waals surface area contributed by atoms with Crippen LogP contribution >= 0.6 is 11.3 Å². The Bertz CT molecular complexity index is 1230. The molecular weight excluding hydrogens is 434 g/mol. The van der Waals surface area contributed by atoms with Crippen molar-refractivity contribution < 1.29 is 13.2 Å². The average molecular weight is 458 g/mol. The molecule has 31 heavy (non-hydrogen) atoms. The van der Waals surface area contributed by atoms with Crippen LogP contribution in [0.2, 0.25) is 0 Å². The number of hydrogen-bond acceptors (Lipinski definition) is 6. The predicted molar refractivity (Wildman–Crippen MR) is 122 cm³/mol. The summed E-state index contributed by atoms with van der Waals surface area (Å²) in [5.41, 5.74) is 1.49. The summed E-state index contributed by atoms with van der Waals surface area (Å²) in [6.07, 6.45) is 2.70. The van der Waals surface area contributed by atoms with E-state index in [2.05, 4.69) is 25.2 Å². The van der Waals surface area contributed by atoms with Crippen LogP contribution in [0.4, 0.5) is 5.82 Å². The van der Waals surface area contributed by atoms with E-state index in [0.29, 0.717) is 30.2 Å². The Morgan fingerprint density at radius 1 is 1.16 bits per heavy atom. The van der Waals surface area contributed by atoms with Crippen LogP contribution in [0.3, 0.4) is 0 Å². The number of nitrogens with zero attached hydrogens (tertiary/aromatic N) is 2. The van der Waals surface area contributed by atoms with E-state index < -0.39 is 10.0 Å². The first-order valence-electron chi connectivity index (χ1n) is 10.0. The van der Waals surface area contributed by atoms with E-state index in [9.17, 15) is 13.2 Å². The number of rotatable bonds is 8. The van der Waals surface area contributed by atoms with Crippen LogP contribution in [0.5, 0.6) is 0 Å². The minimum atomic E-state index is -3.50. The van der Waals surface area contributed by atoms with Crippen LogP contribution in [0.1, 0.15) is 36.1 Å². The number of benzene rings is 1. The summed E-state index contributed by atoms with van der Waals surface area (Å²) in [5.74, 6) is 0.831. The number of anilines is 1. The van der Waals surface area contributed by atoms with Gasteiger partial charge in [0.15, 0.2) is 5.82 Å². The first kappa shape index (κ1) is 21.3. The van der Waals surface area contributed by atoms with Gasteiger partial charge in [0.2, 0.25) is 5.91 Å². The van der Waals surface area contributed by atoms with Gasteiger partial charge in [-0.2, -0.15) is 5.10 Å². The highest BCUT2D eigenvalue weighted by Crippen LogP contribution is 2.27. The number of sulfonamides is 1. The maximum absolute atomic E-state index is 12.1. The molecule has 8 nitrogen and oxygen atoms in total. The van der Waals surface area contributed by atoms with E-state index in [-0.39, 0.29) is 10.8 Å². The van der Waals surface area contributed by atoms with Crippen molar-refractivity contribution in [3.05, 3.63) is 52.9 Å². The molecule has 0 aliphatic carbocycles. The third-order valence-corrected chi connectivity index (χ3v) is 7.28. The lowest BCUT2D eigenvalue weighted by Crippen LogP contribution is -2.22. The fourth-order valence-corrected chi connectivity index (χ4v) is 5.40. The topological polar surface area (TPSA) is 116 Å². The standard InChI is InChI=1S/C21H23N5O3S2/c1-14-10-11-17(30-14)16-13-19(25-24-16)23-20(27)9-3-2-6-12-22-21-15-7-4-5-8-18(15)31(28,29)26-21/h4-5,7-8,10-11,13H,2-3,6,9,12H2,1H3,(H,22,26)(H2,23,24,25,27). The molecule has 3 N–H and O–H groups in total. The van der Waals surface area contributed by atoms with E-state index in [0.717, 1.165) is 29.8 Å². The molecule has 4 rings (SSSR count). The number of carbonyl (C=O) groups excluding carboxylic acids is 1. The number of aromatic amines is 1. The van der Waals surface area contributed by atoms with Gasteiger partial charge in [-0.15, -0.1) is 11.3 Å². The SMILES string of the molecule is Cc1ccc(-c2cc(NC(=O)CCCCCN=C3NS(=O)(=O)c4ccccc43)n[nH]2)s1. The number of thiophene rings is 1. The zero-order chi connectivity index (χ0) is 21.8. The van der Waals surface area contributed by atoms with Gasteiger partial charge in [-0.3, -0.25) is 19.6 Å². The van der Waals surface area contributed by atoms with Crippen LogP contribution in [0.25, 0.3) is 10.6 Å². The van der Waals surface area contributed by atoms with Crippen molar-refractivity contribution in [2.24, 2.45) is 4.99 Å². The molecule has 10 heteroatoms. The lowest BCUT2D eigenvalue weighted by Gasteiger charge is -2.02. The van der Waals surface area contributed by atoms with Crippen LogP contribution in [-0.2, 0) is 14.8 Å². The van der Waals surface area contributed by atoms with Gasteiger partial charge in [-0.05, 0) is 44.0 Å². The summed E-state index contributed by atoms with van der Waals surface area (Å²) in [7, 11) is -3.50. The number of H-pyrrole nitrogens is 1. The average Bonchev–Trinajstić information content (AvgIpc) is 3.43. The van der Waals surface area contributed by atoms with Crippen LogP contribution in [0, 0.1) is 6.92 Å². The summed E-state index contributed by atoms with van der Waals surface area (Å²) < 4.78 is 26.6. The second-order valence-corrected chi connectivity index (χ2v) is 10.2. The van der Waals surface area contributed by atoms with Gasteiger partial charge in [0.1, 0.15) is 5.84 Å². The van der Waals surface area contributed by atoms with E-state index in [1.165, 1.54) is 4.88 Å². The van der Waals surface area contributed by atoms with Gasteiger partial charge >= 0.3 is 0 Å². The fraction of sp³-hybridized carbons (Fsp3) is 0.286. The second-order valence-electron chi connectivity index (χ2n) is 7.27. The largest absolute Gasteiger partial charge is 0.309 e. The molecule has 3 aromatic rings. The summed E-state index contributed by atoms with van der Waals surface area (Å²) in [5, 5.41) is 9.91. The molecule has 0 saturated carbocycles. The van der Waals surface area contributed by atoms with Crippen LogP contribution in [0.15, 0.2) is 52.4 Å². The van der Waals surface area contributed by atoms with Gasteiger partial charge in [-0.25, -0.2) is 8.42 Å². The summed E-state index contributed by atoms with van der Waals surface area (Å²) >= 11 is 1.67. The normalized spacial score (nSPS) is 15.6. The predicted octanol–water partition coefficient (Wildman–Crippen LogP) is 3.68. The molecule has 0 fully saturated rings.